The number of nitro benzene ring substituents is 1. The Morgan fingerprint density at radius 2 is 1.79 bits per heavy atom. The molecule has 8 nitrogen and oxygen atoms in total. The van der Waals surface area contributed by atoms with E-state index in [1.54, 1.807) is 42.5 Å². The van der Waals surface area contributed by atoms with E-state index >= 15 is 0 Å². The number of hydrogen-bond acceptors (Lipinski definition) is 6. The Bertz CT molecular complexity index is 1310. The fourth-order valence-electron chi connectivity index (χ4n) is 4.02. The highest BCUT2D eigenvalue weighted by Gasteiger charge is 2.51. The summed E-state index contributed by atoms with van der Waals surface area (Å²) >= 11 is 12.6. The third kappa shape index (κ3) is 4.00. The number of fused-ring (bicyclic) bond motifs is 1. The minimum Gasteiger partial charge on any atom is -0.490 e. The molecule has 0 aliphatic carbocycles. The fourth-order valence-corrected chi connectivity index (χ4v) is 4.53. The lowest BCUT2D eigenvalue weighted by Crippen LogP contribution is -2.41. The van der Waals surface area contributed by atoms with Gasteiger partial charge < -0.3 is 14.7 Å². The van der Waals surface area contributed by atoms with Crippen LogP contribution in [0.3, 0.4) is 0 Å². The number of hydrogen-bond donors (Lipinski definition) is 1. The number of anilines is 1. The molecule has 0 spiro atoms. The van der Waals surface area contributed by atoms with Crippen LogP contribution in [0.2, 0.25) is 10.0 Å². The molecule has 1 aliphatic rings. The highest BCUT2D eigenvalue weighted by atomic mass is 35.5. The Balaban J connectivity index is 1.70. The molecule has 1 amide bonds. The van der Waals surface area contributed by atoms with Crippen LogP contribution in [0.1, 0.15) is 27.9 Å². The molecule has 1 N–H and O–H groups in total. The van der Waals surface area contributed by atoms with Crippen LogP contribution in [0.4, 0.5) is 11.4 Å². The summed E-state index contributed by atoms with van der Waals surface area (Å²) in [5, 5.41) is 23.5. The van der Waals surface area contributed by atoms with Gasteiger partial charge in [0.1, 0.15) is 0 Å². The number of aliphatic hydroxyl groups is 1. The molecule has 0 fully saturated rings. The van der Waals surface area contributed by atoms with E-state index in [2.05, 4.69) is 0 Å². The third-order valence-electron chi connectivity index (χ3n) is 5.73. The van der Waals surface area contributed by atoms with Gasteiger partial charge in [0.2, 0.25) is 0 Å². The number of amides is 1. The zero-order chi connectivity index (χ0) is 24.6. The topological polar surface area (TPSA) is 110 Å². The van der Waals surface area contributed by atoms with Gasteiger partial charge in [0.25, 0.3) is 5.91 Å². The summed E-state index contributed by atoms with van der Waals surface area (Å²) < 4.78 is 4.96. The SMILES string of the molecule is COc1ccc(C(=O)CC2(O)C(=O)N(Cc3c(Cl)cccc3Cl)c3ccccc32)cc1[N+](=O)[O-]. The quantitative estimate of drug-likeness (QED) is 0.280. The normalized spacial score (nSPS) is 16.9. The van der Waals surface area contributed by atoms with Crippen LogP contribution in [0.5, 0.6) is 5.75 Å². The molecular weight excluding hydrogens is 483 g/mol. The van der Waals surface area contributed by atoms with Crippen molar-refractivity contribution in [1.29, 1.82) is 0 Å². The summed E-state index contributed by atoms with van der Waals surface area (Å²) in [6.45, 7) is -0.0150. The molecule has 0 aromatic heterocycles. The van der Waals surface area contributed by atoms with Crippen molar-refractivity contribution in [3.8, 4) is 5.75 Å². The first-order valence-corrected chi connectivity index (χ1v) is 10.9. The molecule has 0 saturated carbocycles. The second-order valence-electron chi connectivity index (χ2n) is 7.71. The molecule has 1 heterocycles. The highest BCUT2D eigenvalue weighted by molar-refractivity contribution is 6.36. The van der Waals surface area contributed by atoms with Gasteiger partial charge in [-0.25, -0.2) is 0 Å². The van der Waals surface area contributed by atoms with Gasteiger partial charge in [0.15, 0.2) is 17.1 Å². The van der Waals surface area contributed by atoms with Crippen LogP contribution >= 0.6 is 23.2 Å². The van der Waals surface area contributed by atoms with E-state index in [1.807, 2.05) is 0 Å². The number of ketones is 1. The smallest absolute Gasteiger partial charge is 0.311 e. The number of halogens is 2. The van der Waals surface area contributed by atoms with Crippen LogP contribution in [-0.2, 0) is 16.9 Å². The Labute approximate surface area is 204 Å². The summed E-state index contributed by atoms with van der Waals surface area (Å²) in [4.78, 5) is 38.5. The van der Waals surface area contributed by atoms with E-state index < -0.39 is 34.3 Å². The van der Waals surface area contributed by atoms with E-state index in [-0.39, 0.29) is 23.4 Å². The zero-order valence-electron chi connectivity index (χ0n) is 17.8. The Morgan fingerprint density at radius 1 is 1.12 bits per heavy atom. The number of carbonyl (C=O) groups excluding carboxylic acids is 2. The van der Waals surface area contributed by atoms with Crippen molar-refractivity contribution in [3.63, 3.8) is 0 Å². The first-order valence-electron chi connectivity index (χ1n) is 10.1. The molecule has 0 bridgehead atoms. The predicted molar refractivity (Wildman–Crippen MR) is 127 cm³/mol. The molecule has 174 valence electrons. The molecule has 34 heavy (non-hydrogen) atoms. The molecule has 0 saturated heterocycles. The number of para-hydroxylation sites is 1. The molecule has 3 aromatic rings. The largest absolute Gasteiger partial charge is 0.490 e. The maximum absolute atomic E-state index is 13.5. The fraction of sp³-hybridized carbons (Fsp3) is 0.167. The Kier molecular flexibility index (Phi) is 6.31. The van der Waals surface area contributed by atoms with Crippen molar-refractivity contribution in [1.82, 2.24) is 0 Å². The van der Waals surface area contributed by atoms with Gasteiger partial charge in [-0.15, -0.1) is 0 Å². The first kappa shape index (κ1) is 23.7. The number of benzene rings is 3. The number of rotatable bonds is 7. The van der Waals surface area contributed by atoms with Crippen molar-refractivity contribution >= 4 is 46.3 Å². The van der Waals surface area contributed by atoms with Crippen LogP contribution in [0.15, 0.2) is 60.7 Å². The molecule has 0 radical (unpaired) electrons. The second-order valence-corrected chi connectivity index (χ2v) is 8.53. The van der Waals surface area contributed by atoms with Crippen molar-refractivity contribution in [3.05, 3.63) is 97.5 Å². The summed E-state index contributed by atoms with van der Waals surface area (Å²) in [6, 6.07) is 15.2. The van der Waals surface area contributed by atoms with Crippen molar-refractivity contribution in [2.45, 2.75) is 18.6 Å². The standard InChI is InChI=1S/C24H18Cl2N2O6/c1-34-22-10-9-14(11-20(22)28(32)33)21(29)12-24(31)16-5-2-3-8-19(16)27(23(24)30)13-15-17(25)6-4-7-18(15)26/h2-11,31H,12-13H2,1H3. The zero-order valence-corrected chi connectivity index (χ0v) is 19.3. The minimum atomic E-state index is -2.17. The lowest BCUT2D eigenvalue weighted by Gasteiger charge is -2.23. The molecule has 10 heteroatoms. The highest BCUT2D eigenvalue weighted by Crippen LogP contribution is 2.44. The predicted octanol–water partition coefficient (Wildman–Crippen LogP) is 4.92. The van der Waals surface area contributed by atoms with Crippen LogP contribution in [0, 0.1) is 10.1 Å². The number of carbonyl (C=O) groups is 2. The van der Waals surface area contributed by atoms with Gasteiger partial charge in [-0.05, 0) is 30.3 Å². The number of ether oxygens (including phenoxy) is 1. The van der Waals surface area contributed by atoms with E-state index in [4.69, 9.17) is 27.9 Å². The van der Waals surface area contributed by atoms with E-state index in [0.717, 1.165) is 6.07 Å². The summed E-state index contributed by atoms with van der Waals surface area (Å²) in [6.07, 6.45) is -0.612. The van der Waals surface area contributed by atoms with Gasteiger partial charge in [0, 0.05) is 32.8 Å². The molecule has 1 aliphatic heterocycles. The van der Waals surface area contributed by atoms with Crippen molar-refractivity contribution < 1.29 is 24.4 Å². The molecular formula is C24H18Cl2N2O6. The summed E-state index contributed by atoms with van der Waals surface area (Å²) in [7, 11) is 1.28. The second kappa shape index (κ2) is 9.06. The average Bonchev–Trinajstić information content (AvgIpc) is 3.02. The van der Waals surface area contributed by atoms with E-state index in [9.17, 15) is 24.8 Å². The van der Waals surface area contributed by atoms with Crippen LogP contribution in [-0.4, -0.2) is 28.8 Å². The van der Waals surface area contributed by atoms with Gasteiger partial charge >= 0.3 is 5.69 Å². The minimum absolute atomic E-state index is 0.00894. The molecule has 4 rings (SSSR count). The molecule has 1 unspecified atom stereocenters. The Morgan fingerprint density at radius 3 is 2.44 bits per heavy atom. The van der Waals surface area contributed by atoms with Gasteiger partial charge in [-0.2, -0.15) is 0 Å². The molecule has 1 atom stereocenters. The third-order valence-corrected chi connectivity index (χ3v) is 6.44. The maximum atomic E-state index is 13.5. The number of nitrogens with zero attached hydrogens (tertiary/aromatic N) is 2. The maximum Gasteiger partial charge on any atom is 0.311 e. The number of nitro groups is 1. The van der Waals surface area contributed by atoms with E-state index in [1.165, 1.54) is 24.1 Å². The number of methoxy groups -OCH3 is 1. The Hall–Kier alpha value is -3.46. The van der Waals surface area contributed by atoms with Crippen molar-refractivity contribution in [2.75, 3.05) is 12.0 Å². The van der Waals surface area contributed by atoms with Crippen LogP contribution in [0.25, 0.3) is 0 Å². The van der Waals surface area contributed by atoms with Gasteiger partial charge in [0.05, 0.1) is 30.7 Å². The van der Waals surface area contributed by atoms with E-state index in [0.29, 0.717) is 21.3 Å². The lowest BCUT2D eigenvalue weighted by atomic mass is 9.88. The van der Waals surface area contributed by atoms with Crippen molar-refractivity contribution in [2.24, 2.45) is 0 Å². The van der Waals surface area contributed by atoms with Crippen LogP contribution < -0.4 is 9.64 Å². The van der Waals surface area contributed by atoms with Gasteiger partial charge in [-0.1, -0.05) is 47.5 Å². The monoisotopic (exact) mass is 500 g/mol. The first-order chi connectivity index (χ1) is 16.2. The lowest BCUT2D eigenvalue weighted by molar-refractivity contribution is -0.385. The average molecular weight is 501 g/mol. The number of Topliss-reactive ketones (excluding diaryl/α,β-unsaturated/α-hetero) is 1. The van der Waals surface area contributed by atoms with Gasteiger partial charge in [-0.3, -0.25) is 19.7 Å². The summed E-state index contributed by atoms with van der Waals surface area (Å²) in [5.74, 6) is -1.37. The summed E-state index contributed by atoms with van der Waals surface area (Å²) in [5.41, 5.74) is -1.43. The molecule has 3 aromatic carbocycles.